The van der Waals surface area contributed by atoms with Crippen molar-refractivity contribution in [2.45, 2.75) is 11.8 Å². The van der Waals surface area contributed by atoms with Crippen molar-refractivity contribution in [2.24, 2.45) is 0 Å². The fourth-order valence-corrected chi connectivity index (χ4v) is 3.94. The first-order valence-corrected chi connectivity index (χ1v) is 8.60. The van der Waals surface area contributed by atoms with Crippen LogP contribution in [0.2, 0.25) is 5.02 Å². The second-order valence-corrected chi connectivity index (χ2v) is 7.22. The molecule has 0 atom stereocenters. The van der Waals surface area contributed by atoms with Crippen LogP contribution in [0.3, 0.4) is 0 Å². The lowest BCUT2D eigenvalue weighted by atomic mass is 10.1. The molecule has 22 heavy (non-hydrogen) atoms. The summed E-state index contributed by atoms with van der Waals surface area (Å²) in [6.07, 6.45) is 0. The van der Waals surface area contributed by atoms with Gasteiger partial charge in [0, 0.05) is 10.4 Å². The lowest BCUT2D eigenvalue weighted by Gasteiger charge is -2.11. The van der Waals surface area contributed by atoms with E-state index in [9.17, 15) is 8.42 Å². The summed E-state index contributed by atoms with van der Waals surface area (Å²) in [5, 5.41) is 2.23. The highest BCUT2D eigenvalue weighted by Crippen LogP contribution is 2.26. The van der Waals surface area contributed by atoms with Crippen molar-refractivity contribution in [3.05, 3.63) is 71.2 Å². The third kappa shape index (κ3) is 2.93. The first-order valence-electron chi connectivity index (χ1n) is 6.73. The average molecular weight is 332 g/mol. The Bertz CT molecular complexity index is 926. The van der Waals surface area contributed by atoms with Crippen LogP contribution in [0.15, 0.2) is 65.6 Å². The Balaban J connectivity index is 2.07. The Labute approximate surface area is 134 Å². The normalized spacial score (nSPS) is 11.5. The SMILES string of the molecule is Cc1cc(Cl)cc(S(=O)(=O)Nc2cccc3ccccc23)c1. The molecule has 3 rings (SSSR count). The van der Waals surface area contributed by atoms with E-state index in [4.69, 9.17) is 11.6 Å². The molecule has 0 spiro atoms. The molecule has 5 heteroatoms. The van der Waals surface area contributed by atoms with Gasteiger partial charge in [-0.05, 0) is 42.1 Å². The number of anilines is 1. The van der Waals surface area contributed by atoms with Crippen LogP contribution in [-0.4, -0.2) is 8.42 Å². The molecule has 112 valence electrons. The van der Waals surface area contributed by atoms with Gasteiger partial charge in [-0.2, -0.15) is 0 Å². The predicted molar refractivity (Wildman–Crippen MR) is 90.9 cm³/mol. The van der Waals surface area contributed by atoms with Crippen LogP contribution in [0, 0.1) is 6.92 Å². The molecule has 3 nitrogen and oxygen atoms in total. The average Bonchev–Trinajstić information content (AvgIpc) is 2.46. The summed E-state index contributed by atoms with van der Waals surface area (Å²) in [5.74, 6) is 0. The summed E-state index contributed by atoms with van der Waals surface area (Å²) in [4.78, 5) is 0.158. The standard InChI is InChI=1S/C17H14ClNO2S/c1-12-9-14(18)11-15(10-12)22(20,21)19-17-8-4-6-13-5-2-3-7-16(13)17/h2-11,19H,1H3. The molecule has 1 N–H and O–H groups in total. The van der Waals surface area contributed by atoms with Gasteiger partial charge in [-0.15, -0.1) is 0 Å². The molecule has 3 aromatic rings. The summed E-state index contributed by atoms with van der Waals surface area (Å²) in [7, 11) is -3.68. The molecule has 0 aliphatic carbocycles. The molecule has 0 unspecified atom stereocenters. The summed E-state index contributed by atoms with van der Waals surface area (Å²) < 4.78 is 27.8. The van der Waals surface area contributed by atoms with Gasteiger partial charge in [0.05, 0.1) is 10.6 Å². The molecule has 0 aromatic heterocycles. The van der Waals surface area contributed by atoms with Gasteiger partial charge in [0.15, 0.2) is 0 Å². The maximum absolute atomic E-state index is 12.6. The van der Waals surface area contributed by atoms with Gasteiger partial charge in [0.2, 0.25) is 0 Å². The second kappa shape index (κ2) is 5.63. The zero-order valence-electron chi connectivity index (χ0n) is 11.9. The number of hydrogen-bond donors (Lipinski definition) is 1. The van der Waals surface area contributed by atoms with Crippen LogP contribution >= 0.6 is 11.6 Å². The number of aryl methyl sites for hydroxylation is 1. The van der Waals surface area contributed by atoms with E-state index in [1.165, 1.54) is 6.07 Å². The number of nitrogens with one attached hydrogen (secondary N) is 1. The van der Waals surface area contributed by atoms with Gasteiger partial charge in [0.1, 0.15) is 0 Å². The number of benzene rings is 3. The van der Waals surface area contributed by atoms with Gasteiger partial charge in [-0.3, -0.25) is 4.72 Å². The highest BCUT2D eigenvalue weighted by atomic mass is 35.5. The van der Waals surface area contributed by atoms with E-state index in [0.717, 1.165) is 16.3 Å². The number of halogens is 1. The van der Waals surface area contributed by atoms with Crippen molar-refractivity contribution in [3.63, 3.8) is 0 Å². The van der Waals surface area contributed by atoms with E-state index in [1.54, 1.807) is 18.2 Å². The minimum absolute atomic E-state index is 0.158. The van der Waals surface area contributed by atoms with Crippen molar-refractivity contribution < 1.29 is 8.42 Å². The van der Waals surface area contributed by atoms with Crippen LogP contribution < -0.4 is 4.72 Å². The van der Waals surface area contributed by atoms with Gasteiger partial charge < -0.3 is 0 Å². The van der Waals surface area contributed by atoms with Crippen molar-refractivity contribution in [1.82, 2.24) is 0 Å². The molecule has 0 saturated carbocycles. The molecule has 0 bridgehead atoms. The molecule has 0 aliphatic rings. The first-order chi connectivity index (χ1) is 10.5. The van der Waals surface area contributed by atoms with Crippen molar-refractivity contribution >= 4 is 38.1 Å². The molecular weight excluding hydrogens is 318 g/mol. The summed E-state index contributed by atoms with van der Waals surface area (Å²) in [6.45, 7) is 1.81. The summed E-state index contributed by atoms with van der Waals surface area (Å²) >= 11 is 5.96. The van der Waals surface area contributed by atoms with Gasteiger partial charge in [-0.1, -0.05) is 48.0 Å². The Morgan fingerprint density at radius 1 is 0.955 bits per heavy atom. The third-order valence-electron chi connectivity index (χ3n) is 3.36. The van der Waals surface area contributed by atoms with Gasteiger partial charge >= 0.3 is 0 Å². The maximum atomic E-state index is 12.6. The van der Waals surface area contributed by atoms with E-state index in [0.29, 0.717) is 10.7 Å². The Hall–Kier alpha value is -2.04. The zero-order valence-corrected chi connectivity index (χ0v) is 13.4. The van der Waals surface area contributed by atoms with Crippen molar-refractivity contribution in [2.75, 3.05) is 4.72 Å². The van der Waals surface area contributed by atoms with Crippen molar-refractivity contribution in [3.8, 4) is 0 Å². The van der Waals surface area contributed by atoms with Crippen molar-refractivity contribution in [1.29, 1.82) is 0 Å². The topological polar surface area (TPSA) is 46.2 Å². The highest BCUT2D eigenvalue weighted by molar-refractivity contribution is 7.92. The van der Waals surface area contributed by atoms with Crippen LogP contribution in [-0.2, 0) is 10.0 Å². The van der Waals surface area contributed by atoms with E-state index in [2.05, 4.69) is 4.72 Å². The number of sulfonamides is 1. The molecule has 3 aromatic carbocycles. The zero-order chi connectivity index (χ0) is 15.7. The van der Waals surface area contributed by atoms with Crippen LogP contribution in [0.4, 0.5) is 5.69 Å². The second-order valence-electron chi connectivity index (χ2n) is 5.10. The van der Waals surface area contributed by atoms with Crippen LogP contribution in [0.25, 0.3) is 10.8 Å². The largest absolute Gasteiger partial charge is 0.279 e. The number of hydrogen-bond acceptors (Lipinski definition) is 2. The van der Waals surface area contributed by atoms with E-state index in [1.807, 2.05) is 43.3 Å². The lowest BCUT2D eigenvalue weighted by molar-refractivity contribution is 0.601. The maximum Gasteiger partial charge on any atom is 0.261 e. The monoisotopic (exact) mass is 331 g/mol. The molecule has 0 fully saturated rings. The molecule has 0 heterocycles. The van der Waals surface area contributed by atoms with E-state index in [-0.39, 0.29) is 4.90 Å². The fourth-order valence-electron chi connectivity index (χ4n) is 2.38. The number of fused-ring (bicyclic) bond motifs is 1. The van der Waals surface area contributed by atoms with Gasteiger partial charge in [-0.25, -0.2) is 8.42 Å². The number of rotatable bonds is 3. The molecule has 0 saturated heterocycles. The molecule has 0 amide bonds. The fraction of sp³-hybridized carbons (Fsp3) is 0.0588. The van der Waals surface area contributed by atoms with Gasteiger partial charge in [0.25, 0.3) is 10.0 Å². The molecular formula is C17H14ClNO2S. The van der Waals surface area contributed by atoms with E-state index >= 15 is 0 Å². The quantitative estimate of drug-likeness (QED) is 0.762. The van der Waals surface area contributed by atoms with Crippen LogP contribution in [0.5, 0.6) is 0 Å². The molecule has 0 radical (unpaired) electrons. The minimum atomic E-state index is -3.68. The lowest BCUT2D eigenvalue weighted by Crippen LogP contribution is -2.13. The third-order valence-corrected chi connectivity index (χ3v) is 4.92. The minimum Gasteiger partial charge on any atom is -0.279 e. The smallest absolute Gasteiger partial charge is 0.261 e. The highest BCUT2D eigenvalue weighted by Gasteiger charge is 2.16. The Kier molecular flexibility index (Phi) is 3.81. The van der Waals surface area contributed by atoms with Crippen LogP contribution in [0.1, 0.15) is 5.56 Å². The first kappa shape index (κ1) is 14.9. The summed E-state index contributed by atoms with van der Waals surface area (Å²) in [5.41, 5.74) is 1.35. The Morgan fingerprint density at radius 2 is 1.68 bits per heavy atom. The Morgan fingerprint density at radius 3 is 2.45 bits per heavy atom. The molecule has 0 aliphatic heterocycles. The van der Waals surface area contributed by atoms with E-state index < -0.39 is 10.0 Å². The summed E-state index contributed by atoms with van der Waals surface area (Å²) in [6, 6.07) is 17.9. The predicted octanol–water partition coefficient (Wildman–Crippen LogP) is 4.60.